The third-order valence-corrected chi connectivity index (χ3v) is 3.42. The predicted molar refractivity (Wildman–Crippen MR) is 77.1 cm³/mol. The molecule has 3 aromatic rings. The average molecular weight is 309 g/mol. The Hall–Kier alpha value is -2.14. The Balaban J connectivity index is 2.34. The van der Waals surface area contributed by atoms with Crippen LogP contribution in [0.25, 0.3) is 16.7 Å². The van der Waals surface area contributed by atoms with Crippen molar-refractivity contribution in [1.29, 1.82) is 0 Å². The Bertz CT molecular complexity index is 817. The van der Waals surface area contributed by atoms with Gasteiger partial charge in [-0.15, -0.1) is 11.6 Å². The van der Waals surface area contributed by atoms with Crippen molar-refractivity contribution in [3.8, 4) is 11.4 Å². The lowest BCUT2D eigenvalue weighted by Gasteiger charge is -2.09. The fourth-order valence-corrected chi connectivity index (χ4v) is 2.46. The third kappa shape index (κ3) is 2.34. The summed E-state index contributed by atoms with van der Waals surface area (Å²) in [7, 11) is 1.38. The number of hydrogen-bond donors (Lipinski definition) is 0. The van der Waals surface area contributed by atoms with E-state index in [0.29, 0.717) is 22.5 Å². The van der Waals surface area contributed by atoms with E-state index in [2.05, 4.69) is 4.98 Å². The average Bonchev–Trinajstić information content (AvgIpc) is 2.83. The zero-order valence-electron chi connectivity index (χ0n) is 11.1. The van der Waals surface area contributed by atoms with Gasteiger partial charge in [-0.2, -0.15) is 0 Å². The van der Waals surface area contributed by atoms with Crippen molar-refractivity contribution in [2.75, 3.05) is 7.11 Å². The summed E-state index contributed by atoms with van der Waals surface area (Å²) in [6.45, 7) is 0. The number of ether oxygens (including phenoxy) is 1. The summed E-state index contributed by atoms with van der Waals surface area (Å²) in [5.74, 6) is -0.153. The van der Waals surface area contributed by atoms with Gasteiger partial charge in [0.15, 0.2) is 11.6 Å². The van der Waals surface area contributed by atoms with Gasteiger partial charge < -0.3 is 4.74 Å². The van der Waals surface area contributed by atoms with E-state index < -0.39 is 5.82 Å². The van der Waals surface area contributed by atoms with Crippen LogP contribution < -0.4 is 4.74 Å². The van der Waals surface area contributed by atoms with E-state index >= 15 is 0 Å². The standard InChI is InChI=1S/C15H11ClF2N2O/c1-21-14-7-13-12(6-11(14)18)19-15(8-16)20(13)10-4-2-3-9(17)5-10/h2-7H,8H2,1H3. The van der Waals surface area contributed by atoms with Gasteiger partial charge in [-0.05, 0) is 18.2 Å². The van der Waals surface area contributed by atoms with Gasteiger partial charge >= 0.3 is 0 Å². The van der Waals surface area contributed by atoms with E-state index in [-0.39, 0.29) is 17.4 Å². The van der Waals surface area contributed by atoms with Gasteiger partial charge in [0.2, 0.25) is 0 Å². The van der Waals surface area contributed by atoms with Crippen molar-refractivity contribution in [2.45, 2.75) is 5.88 Å². The van der Waals surface area contributed by atoms with Crippen molar-refractivity contribution < 1.29 is 13.5 Å². The first kappa shape index (κ1) is 13.8. The molecule has 3 nitrogen and oxygen atoms in total. The van der Waals surface area contributed by atoms with E-state index in [1.807, 2.05) is 0 Å². The molecule has 3 rings (SSSR count). The lowest BCUT2D eigenvalue weighted by molar-refractivity contribution is 0.387. The summed E-state index contributed by atoms with van der Waals surface area (Å²) in [5, 5.41) is 0. The van der Waals surface area contributed by atoms with Crippen LogP contribution in [-0.4, -0.2) is 16.7 Å². The van der Waals surface area contributed by atoms with E-state index in [1.165, 1.54) is 31.4 Å². The number of benzene rings is 2. The van der Waals surface area contributed by atoms with Gasteiger partial charge in [0.05, 0.1) is 29.7 Å². The van der Waals surface area contributed by atoms with Crippen molar-refractivity contribution >= 4 is 22.6 Å². The van der Waals surface area contributed by atoms with Crippen LogP contribution in [0, 0.1) is 11.6 Å². The Kier molecular flexibility index (Phi) is 3.51. The molecule has 0 spiro atoms. The number of aromatic nitrogens is 2. The van der Waals surface area contributed by atoms with Crippen LogP contribution in [-0.2, 0) is 5.88 Å². The normalized spacial score (nSPS) is 11.0. The third-order valence-electron chi connectivity index (χ3n) is 3.18. The molecule has 21 heavy (non-hydrogen) atoms. The molecule has 6 heteroatoms. The SMILES string of the molecule is COc1cc2c(cc1F)nc(CCl)n2-c1cccc(F)c1. The summed E-state index contributed by atoms with van der Waals surface area (Å²) < 4.78 is 33.9. The molecule has 0 saturated carbocycles. The smallest absolute Gasteiger partial charge is 0.167 e. The van der Waals surface area contributed by atoms with E-state index in [1.54, 1.807) is 16.7 Å². The minimum Gasteiger partial charge on any atom is -0.494 e. The van der Waals surface area contributed by atoms with Crippen molar-refractivity contribution in [3.63, 3.8) is 0 Å². The molecule has 0 unspecified atom stereocenters. The molecule has 1 aromatic heterocycles. The highest BCUT2D eigenvalue weighted by molar-refractivity contribution is 6.17. The summed E-state index contributed by atoms with van der Waals surface area (Å²) in [4.78, 5) is 4.29. The zero-order chi connectivity index (χ0) is 15.0. The summed E-state index contributed by atoms with van der Waals surface area (Å²) in [6, 6.07) is 8.85. The molecule has 0 saturated heterocycles. The lowest BCUT2D eigenvalue weighted by Crippen LogP contribution is -2.00. The molecular formula is C15H11ClF2N2O. The largest absolute Gasteiger partial charge is 0.494 e. The van der Waals surface area contributed by atoms with Crippen LogP contribution in [0.15, 0.2) is 36.4 Å². The Morgan fingerprint density at radius 3 is 2.71 bits per heavy atom. The number of rotatable bonds is 3. The molecule has 108 valence electrons. The number of hydrogen-bond acceptors (Lipinski definition) is 2. The van der Waals surface area contributed by atoms with Gasteiger partial charge in [-0.3, -0.25) is 4.57 Å². The van der Waals surface area contributed by atoms with E-state index in [0.717, 1.165) is 0 Å². The molecule has 1 heterocycles. The number of nitrogens with zero attached hydrogens (tertiary/aromatic N) is 2. The molecule has 0 fully saturated rings. The lowest BCUT2D eigenvalue weighted by atomic mass is 10.2. The van der Waals surface area contributed by atoms with E-state index in [9.17, 15) is 8.78 Å². The molecule has 0 aliphatic heterocycles. The number of imidazole rings is 1. The Morgan fingerprint density at radius 1 is 1.24 bits per heavy atom. The number of halogens is 3. The highest BCUT2D eigenvalue weighted by Gasteiger charge is 2.15. The van der Waals surface area contributed by atoms with Crippen molar-refractivity contribution in [2.24, 2.45) is 0 Å². The molecule has 0 N–H and O–H groups in total. The highest BCUT2D eigenvalue weighted by Crippen LogP contribution is 2.28. The fourth-order valence-electron chi connectivity index (χ4n) is 2.28. The number of alkyl halides is 1. The molecule has 0 aliphatic carbocycles. The van der Waals surface area contributed by atoms with E-state index in [4.69, 9.17) is 16.3 Å². The number of methoxy groups -OCH3 is 1. The second kappa shape index (κ2) is 5.33. The fraction of sp³-hybridized carbons (Fsp3) is 0.133. The Labute approximate surface area is 124 Å². The van der Waals surface area contributed by atoms with Crippen LogP contribution in [0.3, 0.4) is 0 Å². The first-order valence-corrected chi connectivity index (χ1v) is 6.74. The summed E-state index contributed by atoms with van der Waals surface area (Å²) >= 11 is 5.90. The monoisotopic (exact) mass is 308 g/mol. The van der Waals surface area contributed by atoms with Crippen molar-refractivity contribution in [1.82, 2.24) is 9.55 Å². The summed E-state index contributed by atoms with van der Waals surface area (Å²) in [6.07, 6.45) is 0. The van der Waals surface area contributed by atoms with Gasteiger partial charge in [-0.1, -0.05) is 6.07 Å². The van der Waals surface area contributed by atoms with Gasteiger partial charge in [0.25, 0.3) is 0 Å². The number of fused-ring (bicyclic) bond motifs is 1. The second-order valence-corrected chi connectivity index (χ2v) is 4.72. The van der Waals surface area contributed by atoms with Crippen LogP contribution in [0.4, 0.5) is 8.78 Å². The highest BCUT2D eigenvalue weighted by atomic mass is 35.5. The first-order valence-electron chi connectivity index (χ1n) is 6.21. The topological polar surface area (TPSA) is 27.1 Å². The zero-order valence-corrected chi connectivity index (χ0v) is 11.9. The Morgan fingerprint density at radius 2 is 2.05 bits per heavy atom. The first-order chi connectivity index (χ1) is 10.1. The maximum atomic E-state index is 13.8. The minimum absolute atomic E-state index is 0.0983. The molecule has 0 atom stereocenters. The maximum Gasteiger partial charge on any atom is 0.167 e. The quantitative estimate of drug-likeness (QED) is 0.683. The van der Waals surface area contributed by atoms with Crippen LogP contribution in [0.5, 0.6) is 5.75 Å². The van der Waals surface area contributed by atoms with Crippen LogP contribution in [0.2, 0.25) is 0 Å². The maximum absolute atomic E-state index is 13.8. The molecule has 2 aromatic carbocycles. The van der Waals surface area contributed by atoms with Crippen molar-refractivity contribution in [3.05, 3.63) is 53.9 Å². The molecule has 0 radical (unpaired) electrons. The van der Waals surface area contributed by atoms with Gasteiger partial charge in [0, 0.05) is 12.1 Å². The molecule has 0 aliphatic rings. The van der Waals surface area contributed by atoms with Gasteiger partial charge in [-0.25, -0.2) is 13.8 Å². The minimum atomic E-state index is -0.505. The molecule has 0 amide bonds. The summed E-state index contributed by atoms with van der Waals surface area (Å²) in [5.41, 5.74) is 1.62. The van der Waals surface area contributed by atoms with Crippen LogP contribution >= 0.6 is 11.6 Å². The van der Waals surface area contributed by atoms with Crippen LogP contribution in [0.1, 0.15) is 5.82 Å². The molecular weight excluding hydrogens is 298 g/mol. The van der Waals surface area contributed by atoms with Gasteiger partial charge in [0.1, 0.15) is 11.6 Å². The predicted octanol–water partition coefficient (Wildman–Crippen LogP) is 4.05. The second-order valence-electron chi connectivity index (χ2n) is 4.45. The molecule has 0 bridgehead atoms.